The molecule has 0 aromatic carbocycles. The quantitative estimate of drug-likeness (QED) is 0.712. The first-order valence-corrected chi connectivity index (χ1v) is 5.72. The van der Waals surface area contributed by atoms with Crippen molar-refractivity contribution >= 4 is 5.91 Å². The minimum absolute atomic E-state index is 0.0179. The van der Waals surface area contributed by atoms with Crippen LogP contribution in [0.15, 0.2) is 12.2 Å². The Kier molecular flexibility index (Phi) is 4.33. The average Bonchev–Trinajstić information content (AvgIpc) is 2.59. The predicted octanol–water partition coefficient (Wildman–Crippen LogP) is 1.41. The monoisotopic (exact) mass is 210 g/mol. The van der Waals surface area contributed by atoms with Crippen molar-refractivity contribution in [2.75, 3.05) is 19.6 Å². The molecule has 1 aliphatic heterocycles. The van der Waals surface area contributed by atoms with Crippen molar-refractivity contribution in [2.45, 2.75) is 33.2 Å². The third-order valence-electron chi connectivity index (χ3n) is 2.95. The van der Waals surface area contributed by atoms with Crippen LogP contribution in [0.4, 0.5) is 0 Å². The third-order valence-corrected chi connectivity index (χ3v) is 2.95. The molecule has 0 radical (unpaired) electrons. The highest BCUT2D eigenvalue weighted by molar-refractivity contribution is 5.82. The number of hydrogen-bond acceptors (Lipinski definition) is 2. The standard InChI is InChI=1S/C12H22N2O/c1-5-14(8-9(2)3)12(15)11-10(4)6-7-13-11/h10-11,13H,2,5-8H2,1,3-4H3. The lowest BCUT2D eigenvalue weighted by Crippen LogP contribution is -2.46. The molecule has 86 valence electrons. The van der Waals surface area contributed by atoms with Crippen LogP contribution in [0.3, 0.4) is 0 Å². The van der Waals surface area contributed by atoms with Gasteiger partial charge in [0, 0.05) is 13.1 Å². The summed E-state index contributed by atoms with van der Waals surface area (Å²) >= 11 is 0. The van der Waals surface area contributed by atoms with Crippen molar-refractivity contribution in [1.29, 1.82) is 0 Å². The van der Waals surface area contributed by atoms with E-state index in [1.54, 1.807) is 0 Å². The van der Waals surface area contributed by atoms with Gasteiger partial charge in [0.15, 0.2) is 0 Å². The summed E-state index contributed by atoms with van der Waals surface area (Å²) < 4.78 is 0. The highest BCUT2D eigenvalue weighted by Crippen LogP contribution is 2.16. The van der Waals surface area contributed by atoms with Crippen LogP contribution in [-0.4, -0.2) is 36.5 Å². The Morgan fingerprint density at radius 3 is 2.67 bits per heavy atom. The van der Waals surface area contributed by atoms with Gasteiger partial charge in [0.2, 0.25) is 5.91 Å². The van der Waals surface area contributed by atoms with Crippen LogP contribution in [0.5, 0.6) is 0 Å². The van der Waals surface area contributed by atoms with Crippen LogP contribution >= 0.6 is 0 Å². The smallest absolute Gasteiger partial charge is 0.240 e. The van der Waals surface area contributed by atoms with Crippen molar-refractivity contribution in [2.24, 2.45) is 5.92 Å². The molecule has 15 heavy (non-hydrogen) atoms. The van der Waals surface area contributed by atoms with Crippen LogP contribution in [0, 0.1) is 5.92 Å². The molecular weight excluding hydrogens is 188 g/mol. The van der Waals surface area contributed by atoms with Crippen LogP contribution in [-0.2, 0) is 4.79 Å². The second kappa shape index (κ2) is 5.31. The molecule has 0 aromatic rings. The lowest BCUT2D eigenvalue weighted by molar-refractivity contribution is -0.133. The summed E-state index contributed by atoms with van der Waals surface area (Å²) in [6.45, 7) is 12.4. The lowest BCUT2D eigenvalue weighted by Gasteiger charge is -2.26. The van der Waals surface area contributed by atoms with Crippen LogP contribution < -0.4 is 5.32 Å². The van der Waals surface area contributed by atoms with Gasteiger partial charge in [-0.2, -0.15) is 0 Å². The minimum Gasteiger partial charge on any atom is -0.338 e. The van der Waals surface area contributed by atoms with Crippen molar-refractivity contribution in [3.8, 4) is 0 Å². The van der Waals surface area contributed by atoms with Gasteiger partial charge in [-0.05, 0) is 32.7 Å². The first-order valence-electron chi connectivity index (χ1n) is 5.72. The Hall–Kier alpha value is -0.830. The zero-order chi connectivity index (χ0) is 11.4. The number of hydrogen-bond donors (Lipinski definition) is 1. The molecule has 0 saturated carbocycles. The van der Waals surface area contributed by atoms with Crippen molar-refractivity contribution in [3.05, 3.63) is 12.2 Å². The number of amides is 1. The first-order chi connectivity index (χ1) is 7.06. The Bertz CT molecular complexity index is 250. The molecule has 1 saturated heterocycles. The third kappa shape index (κ3) is 3.06. The minimum atomic E-state index is 0.0179. The van der Waals surface area contributed by atoms with E-state index in [4.69, 9.17) is 0 Å². The summed E-state index contributed by atoms with van der Waals surface area (Å²) in [6.07, 6.45) is 1.10. The molecule has 2 atom stereocenters. The largest absolute Gasteiger partial charge is 0.338 e. The fraction of sp³-hybridized carbons (Fsp3) is 0.750. The van der Waals surface area contributed by atoms with Gasteiger partial charge in [-0.15, -0.1) is 0 Å². The van der Waals surface area contributed by atoms with E-state index >= 15 is 0 Å². The fourth-order valence-corrected chi connectivity index (χ4v) is 2.03. The molecule has 1 fully saturated rings. The van der Waals surface area contributed by atoms with Crippen molar-refractivity contribution in [3.63, 3.8) is 0 Å². The van der Waals surface area contributed by atoms with E-state index in [-0.39, 0.29) is 11.9 Å². The second-order valence-electron chi connectivity index (χ2n) is 4.51. The number of carbonyl (C=O) groups is 1. The van der Waals surface area contributed by atoms with Gasteiger partial charge in [0.05, 0.1) is 6.04 Å². The van der Waals surface area contributed by atoms with E-state index in [0.717, 1.165) is 25.1 Å². The summed E-state index contributed by atoms with van der Waals surface area (Å²) in [6, 6.07) is 0.0179. The summed E-state index contributed by atoms with van der Waals surface area (Å²) in [5.41, 5.74) is 1.04. The second-order valence-corrected chi connectivity index (χ2v) is 4.51. The molecular formula is C12H22N2O. The highest BCUT2D eigenvalue weighted by Gasteiger charge is 2.31. The van der Waals surface area contributed by atoms with Crippen LogP contribution in [0.25, 0.3) is 0 Å². The maximum Gasteiger partial charge on any atom is 0.240 e. The maximum atomic E-state index is 12.1. The number of nitrogens with one attached hydrogen (secondary N) is 1. The molecule has 0 spiro atoms. The molecule has 1 N–H and O–H groups in total. The molecule has 1 rings (SSSR count). The summed E-state index contributed by atoms with van der Waals surface area (Å²) in [4.78, 5) is 14.0. The Morgan fingerprint density at radius 1 is 1.60 bits per heavy atom. The average molecular weight is 210 g/mol. The summed E-state index contributed by atoms with van der Waals surface area (Å²) in [5.74, 6) is 0.683. The SMILES string of the molecule is C=C(C)CN(CC)C(=O)C1NCCC1C. The molecule has 0 bridgehead atoms. The van der Waals surface area contributed by atoms with Gasteiger partial charge in [-0.3, -0.25) is 4.79 Å². The van der Waals surface area contributed by atoms with Gasteiger partial charge in [0.25, 0.3) is 0 Å². The molecule has 0 aromatic heterocycles. The molecule has 0 aliphatic carbocycles. The van der Waals surface area contributed by atoms with E-state index < -0.39 is 0 Å². The maximum absolute atomic E-state index is 12.1. The zero-order valence-electron chi connectivity index (χ0n) is 10.0. The van der Waals surface area contributed by atoms with Gasteiger partial charge < -0.3 is 10.2 Å². The molecule has 2 unspecified atom stereocenters. The number of likely N-dealkylation sites (N-methyl/N-ethyl adjacent to an activating group) is 1. The van der Waals surface area contributed by atoms with Gasteiger partial charge in [0.1, 0.15) is 0 Å². The van der Waals surface area contributed by atoms with E-state index in [0.29, 0.717) is 12.5 Å². The van der Waals surface area contributed by atoms with Crippen LogP contribution in [0.2, 0.25) is 0 Å². The first kappa shape index (κ1) is 12.2. The fourth-order valence-electron chi connectivity index (χ4n) is 2.03. The number of nitrogens with zero attached hydrogens (tertiary/aromatic N) is 1. The predicted molar refractivity (Wildman–Crippen MR) is 62.6 cm³/mol. The van der Waals surface area contributed by atoms with Gasteiger partial charge in [-0.25, -0.2) is 0 Å². The molecule has 1 heterocycles. The summed E-state index contributed by atoms with van der Waals surface area (Å²) in [7, 11) is 0. The van der Waals surface area contributed by atoms with Gasteiger partial charge >= 0.3 is 0 Å². The number of rotatable bonds is 4. The Labute approximate surface area is 92.5 Å². The van der Waals surface area contributed by atoms with E-state index in [9.17, 15) is 4.79 Å². The molecule has 1 aliphatic rings. The zero-order valence-corrected chi connectivity index (χ0v) is 10.0. The van der Waals surface area contributed by atoms with Gasteiger partial charge in [-0.1, -0.05) is 19.1 Å². The molecule has 3 heteroatoms. The number of carbonyl (C=O) groups excluding carboxylic acids is 1. The Morgan fingerprint density at radius 2 is 2.27 bits per heavy atom. The molecule has 3 nitrogen and oxygen atoms in total. The molecule has 1 amide bonds. The van der Waals surface area contributed by atoms with Crippen molar-refractivity contribution < 1.29 is 4.79 Å². The lowest BCUT2D eigenvalue weighted by atomic mass is 10.0. The Balaban J connectivity index is 2.59. The van der Waals surface area contributed by atoms with Crippen LogP contribution in [0.1, 0.15) is 27.2 Å². The van der Waals surface area contributed by atoms with Crippen molar-refractivity contribution in [1.82, 2.24) is 10.2 Å². The summed E-state index contributed by atoms with van der Waals surface area (Å²) in [5, 5.41) is 3.27. The van der Waals surface area contributed by atoms with E-state index in [1.165, 1.54) is 0 Å². The topological polar surface area (TPSA) is 32.3 Å². The van der Waals surface area contributed by atoms with E-state index in [2.05, 4.69) is 18.8 Å². The van der Waals surface area contributed by atoms with E-state index in [1.807, 2.05) is 18.7 Å². The highest BCUT2D eigenvalue weighted by atomic mass is 16.2. The normalized spacial score (nSPS) is 25.3.